The van der Waals surface area contributed by atoms with Gasteiger partial charge in [-0.15, -0.1) is 0 Å². The second kappa shape index (κ2) is 10.8. The third-order valence-corrected chi connectivity index (χ3v) is 7.80. The molecule has 0 aliphatic carbocycles. The Bertz CT molecular complexity index is 1070. The first-order valence-corrected chi connectivity index (χ1v) is 12.4. The Kier molecular flexibility index (Phi) is 7.75. The zero-order valence-corrected chi connectivity index (χ0v) is 21.7. The number of oxime groups is 1. The Morgan fingerprint density at radius 2 is 1.54 bits per heavy atom. The van der Waals surface area contributed by atoms with Crippen LogP contribution in [0.5, 0.6) is 23.0 Å². The van der Waals surface area contributed by atoms with Crippen LogP contribution in [0.3, 0.4) is 0 Å². The van der Waals surface area contributed by atoms with E-state index in [1.807, 2.05) is 6.07 Å². The first kappa shape index (κ1) is 25.2. The van der Waals surface area contributed by atoms with Gasteiger partial charge in [-0.3, -0.25) is 4.90 Å². The fourth-order valence-electron chi connectivity index (χ4n) is 5.96. The number of hydrogen-bond acceptors (Lipinski definition) is 7. The lowest BCUT2D eigenvalue weighted by Crippen LogP contribution is -2.52. The minimum atomic E-state index is 0.0975. The Morgan fingerprint density at radius 1 is 0.914 bits per heavy atom. The van der Waals surface area contributed by atoms with Crippen LogP contribution >= 0.6 is 0 Å². The highest BCUT2D eigenvalue weighted by atomic mass is 16.5. The van der Waals surface area contributed by atoms with Crippen molar-refractivity contribution in [2.75, 3.05) is 35.0 Å². The van der Waals surface area contributed by atoms with E-state index in [9.17, 15) is 5.21 Å². The van der Waals surface area contributed by atoms with Crippen molar-refractivity contribution in [1.82, 2.24) is 4.90 Å². The van der Waals surface area contributed by atoms with Gasteiger partial charge in [0, 0.05) is 36.9 Å². The molecule has 0 radical (unpaired) electrons. The molecule has 4 rings (SSSR count). The second-order valence-electron chi connectivity index (χ2n) is 9.52. The molecule has 190 valence electrons. The lowest BCUT2D eigenvalue weighted by atomic mass is 9.72. The van der Waals surface area contributed by atoms with Crippen LogP contribution in [0.1, 0.15) is 68.2 Å². The monoisotopic (exact) mass is 482 g/mol. The quantitative estimate of drug-likeness (QED) is 0.388. The Labute approximate surface area is 208 Å². The third kappa shape index (κ3) is 4.54. The summed E-state index contributed by atoms with van der Waals surface area (Å²) in [4.78, 5) is 2.59. The van der Waals surface area contributed by atoms with E-state index in [4.69, 9.17) is 18.9 Å². The summed E-state index contributed by atoms with van der Waals surface area (Å²) in [5.74, 6) is 3.21. The third-order valence-electron chi connectivity index (χ3n) is 7.80. The van der Waals surface area contributed by atoms with Gasteiger partial charge in [0.25, 0.3) is 0 Å². The van der Waals surface area contributed by atoms with Gasteiger partial charge in [-0.1, -0.05) is 31.0 Å². The lowest BCUT2D eigenvalue weighted by Gasteiger charge is -2.50. The highest BCUT2D eigenvalue weighted by Gasteiger charge is 2.45. The number of nitrogens with zero attached hydrogens (tertiary/aromatic N) is 2. The smallest absolute Gasteiger partial charge is 0.161 e. The van der Waals surface area contributed by atoms with E-state index >= 15 is 0 Å². The standard InChI is InChI=1S/C28H38N2O5/c1-7-8-9-19-16-30-17(2)28(18-10-11-24(32-3)25(12-18)33-4)21-14-27(35-6)26(34-5)13-20(21)23(30)15-22(19)29-31/h10-14,17,19,23,28,31H,7-9,15-16H2,1-6H3/b29-22-. The number of piperidine rings is 1. The maximum absolute atomic E-state index is 9.88. The van der Waals surface area contributed by atoms with Crippen LogP contribution < -0.4 is 18.9 Å². The average Bonchev–Trinajstić information content (AvgIpc) is 2.90. The van der Waals surface area contributed by atoms with Crippen LogP contribution in [-0.4, -0.2) is 56.8 Å². The first-order valence-electron chi connectivity index (χ1n) is 12.4. The zero-order chi connectivity index (χ0) is 25.1. The summed E-state index contributed by atoms with van der Waals surface area (Å²) < 4.78 is 22.5. The van der Waals surface area contributed by atoms with E-state index in [0.717, 1.165) is 42.8 Å². The van der Waals surface area contributed by atoms with Crippen molar-refractivity contribution in [3.63, 3.8) is 0 Å². The molecule has 7 heteroatoms. The van der Waals surface area contributed by atoms with Gasteiger partial charge in [0.15, 0.2) is 23.0 Å². The van der Waals surface area contributed by atoms with Gasteiger partial charge < -0.3 is 24.2 Å². The average molecular weight is 483 g/mol. The van der Waals surface area contributed by atoms with E-state index in [2.05, 4.69) is 48.2 Å². The van der Waals surface area contributed by atoms with Crippen molar-refractivity contribution < 1.29 is 24.2 Å². The fourth-order valence-corrected chi connectivity index (χ4v) is 5.96. The predicted molar refractivity (Wildman–Crippen MR) is 137 cm³/mol. The van der Waals surface area contributed by atoms with Gasteiger partial charge in [-0.25, -0.2) is 0 Å². The first-order chi connectivity index (χ1) is 17.0. The molecule has 2 aromatic carbocycles. The van der Waals surface area contributed by atoms with Crippen molar-refractivity contribution in [3.05, 3.63) is 47.0 Å². The molecule has 2 heterocycles. The van der Waals surface area contributed by atoms with Crippen LogP contribution in [0.2, 0.25) is 0 Å². The minimum Gasteiger partial charge on any atom is -0.493 e. The fraction of sp³-hybridized carbons (Fsp3) is 0.536. The highest BCUT2D eigenvalue weighted by Crippen LogP contribution is 2.51. The maximum atomic E-state index is 9.88. The van der Waals surface area contributed by atoms with Crippen molar-refractivity contribution in [3.8, 4) is 23.0 Å². The maximum Gasteiger partial charge on any atom is 0.161 e. The molecular formula is C28H38N2O5. The van der Waals surface area contributed by atoms with E-state index in [-0.39, 0.29) is 23.9 Å². The van der Waals surface area contributed by atoms with Crippen LogP contribution in [0, 0.1) is 5.92 Å². The molecule has 1 N–H and O–H groups in total. The predicted octanol–water partition coefficient (Wildman–Crippen LogP) is 5.64. The van der Waals surface area contributed by atoms with E-state index in [1.54, 1.807) is 28.4 Å². The molecule has 4 unspecified atom stereocenters. The number of fused-ring (bicyclic) bond motifs is 3. The van der Waals surface area contributed by atoms with Crippen LogP contribution in [0.25, 0.3) is 0 Å². The van der Waals surface area contributed by atoms with E-state index in [1.165, 1.54) is 11.1 Å². The Hall–Kier alpha value is -2.93. The summed E-state index contributed by atoms with van der Waals surface area (Å²) in [6.45, 7) is 5.36. The summed E-state index contributed by atoms with van der Waals surface area (Å²) in [6, 6.07) is 10.7. The van der Waals surface area contributed by atoms with E-state index < -0.39 is 0 Å². The summed E-state index contributed by atoms with van der Waals surface area (Å²) in [5, 5.41) is 13.7. The Balaban J connectivity index is 1.87. The molecule has 0 saturated carbocycles. The van der Waals surface area contributed by atoms with Gasteiger partial charge in [0.05, 0.1) is 34.2 Å². The molecule has 0 bridgehead atoms. The largest absolute Gasteiger partial charge is 0.493 e. The van der Waals surface area contributed by atoms with Gasteiger partial charge in [-0.05, 0) is 54.3 Å². The van der Waals surface area contributed by atoms with Crippen LogP contribution in [0.4, 0.5) is 0 Å². The number of unbranched alkanes of at least 4 members (excludes halogenated alkanes) is 1. The van der Waals surface area contributed by atoms with Crippen molar-refractivity contribution in [2.45, 2.75) is 57.5 Å². The number of hydrogen-bond donors (Lipinski definition) is 1. The molecule has 2 aliphatic heterocycles. The summed E-state index contributed by atoms with van der Waals surface area (Å²) in [7, 11) is 6.66. The summed E-state index contributed by atoms with van der Waals surface area (Å²) in [5.41, 5.74) is 4.45. The topological polar surface area (TPSA) is 72.8 Å². The van der Waals surface area contributed by atoms with Crippen molar-refractivity contribution in [2.24, 2.45) is 11.1 Å². The number of benzene rings is 2. The summed E-state index contributed by atoms with van der Waals surface area (Å²) >= 11 is 0. The molecule has 1 fully saturated rings. The van der Waals surface area contributed by atoms with Crippen molar-refractivity contribution >= 4 is 5.71 Å². The number of rotatable bonds is 8. The van der Waals surface area contributed by atoms with Crippen LogP contribution in [0.15, 0.2) is 35.5 Å². The minimum absolute atomic E-state index is 0.0975. The molecule has 0 amide bonds. The molecular weight excluding hydrogens is 444 g/mol. The molecule has 0 spiro atoms. The second-order valence-corrected chi connectivity index (χ2v) is 9.52. The van der Waals surface area contributed by atoms with Crippen molar-refractivity contribution in [1.29, 1.82) is 0 Å². The molecule has 1 saturated heterocycles. The molecule has 35 heavy (non-hydrogen) atoms. The number of ether oxygens (including phenoxy) is 4. The van der Waals surface area contributed by atoms with Gasteiger partial charge >= 0.3 is 0 Å². The summed E-state index contributed by atoms with van der Waals surface area (Å²) in [6.07, 6.45) is 3.99. The lowest BCUT2D eigenvalue weighted by molar-refractivity contribution is 0.0875. The highest BCUT2D eigenvalue weighted by molar-refractivity contribution is 5.88. The molecule has 2 aliphatic rings. The molecule has 0 aromatic heterocycles. The SMILES string of the molecule is CCCCC1CN2C(C/C1=N/O)c1cc(OC)c(OC)cc1C(c1ccc(OC)c(OC)c1)C2C. The molecule has 7 nitrogen and oxygen atoms in total. The van der Waals surface area contributed by atoms with Gasteiger partial charge in [0.2, 0.25) is 0 Å². The van der Waals surface area contributed by atoms with Gasteiger partial charge in [0.1, 0.15) is 0 Å². The normalized spacial score (nSPS) is 25.0. The van der Waals surface area contributed by atoms with Crippen LogP contribution in [-0.2, 0) is 0 Å². The number of methoxy groups -OCH3 is 4. The Morgan fingerprint density at radius 3 is 2.14 bits per heavy atom. The van der Waals surface area contributed by atoms with Gasteiger partial charge in [-0.2, -0.15) is 0 Å². The molecule has 2 aromatic rings. The van der Waals surface area contributed by atoms with E-state index in [0.29, 0.717) is 23.7 Å². The molecule has 4 atom stereocenters. The zero-order valence-electron chi connectivity index (χ0n) is 21.7.